The molecule has 1 amide bonds. The molecule has 1 aromatic heterocycles. The van der Waals surface area contributed by atoms with Gasteiger partial charge in [-0.1, -0.05) is 18.2 Å². The number of aromatic nitrogens is 1. The molecule has 0 spiro atoms. The molecule has 5 nitrogen and oxygen atoms in total. The molecule has 22 heavy (non-hydrogen) atoms. The quantitative estimate of drug-likeness (QED) is 0.826. The third-order valence-electron chi connectivity index (χ3n) is 2.89. The Morgan fingerprint density at radius 2 is 2.00 bits per heavy atom. The molecule has 0 aliphatic rings. The number of thiazole rings is 1. The van der Waals surface area contributed by atoms with Crippen molar-refractivity contribution in [3.05, 3.63) is 46.4 Å². The van der Waals surface area contributed by atoms with E-state index in [2.05, 4.69) is 15.2 Å². The van der Waals surface area contributed by atoms with Crippen LogP contribution in [0, 0.1) is 0 Å². The zero-order valence-corrected chi connectivity index (χ0v) is 14.6. The summed E-state index contributed by atoms with van der Waals surface area (Å²) in [4.78, 5) is 18.1. The lowest BCUT2D eigenvalue weighted by molar-refractivity contribution is 0.0950. The molecule has 0 unspecified atom stereocenters. The van der Waals surface area contributed by atoms with Crippen molar-refractivity contribution in [1.82, 2.24) is 10.3 Å². The molecule has 0 fully saturated rings. The maximum Gasteiger partial charge on any atom is 0.270 e. The Morgan fingerprint density at radius 1 is 1.32 bits per heavy atom. The van der Waals surface area contributed by atoms with E-state index in [1.807, 2.05) is 37.4 Å². The first-order chi connectivity index (χ1) is 9.70. The highest BCUT2D eigenvalue weighted by Gasteiger charge is 2.09. The van der Waals surface area contributed by atoms with Gasteiger partial charge in [-0.05, 0) is 12.1 Å². The van der Waals surface area contributed by atoms with Crippen molar-refractivity contribution < 1.29 is 4.79 Å². The summed E-state index contributed by atoms with van der Waals surface area (Å²) < 4.78 is 0. The minimum absolute atomic E-state index is 0. The Labute approximate surface area is 146 Å². The van der Waals surface area contributed by atoms with E-state index in [1.54, 1.807) is 5.38 Å². The van der Waals surface area contributed by atoms with E-state index in [0.717, 1.165) is 17.2 Å². The summed E-state index contributed by atoms with van der Waals surface area (Å²) in [7, 11) is 2.00. The van der Waals surface area contributed by atoms with Crippen molar-refractivity contribution in [2.24, 2.45) is 5.73 Å². The summed E-state index contributed by atoms with van der Waals surface area (Å²) >= 11 is 1.41. The Kier molecular flexibility index (Phi) is 9.76. The molecule has 0 saturated heterocycles. The van der Waals surface area contributed by atoms with Gasteiger partial charge in [-0.15, -0.1) is 36.2 Å². The van der Waals surface area contributed by atoms with Gasteiger partial charge in [-0.3, -0.25) is 4.79 Å². The highest BCUT2D eigenvalue weighted by atomic mass is 35.5. The fourth-order valence-electron chi connectivity index (χ4n) is 1.75. The summed E-state index contributed by atoms with van der Waals surface area (Å²) in [5.74, 6) is -0.151. The van der Waals surface area contributed by atoms with Crippen LogP contribution in [-0.4, -0.2) is 31.0 Å². The number of likely N-dealkylation sites (N-methyl/N-ethyl adjacent to an activating group) is 1. The number of anilines is 1. The number of nitrogens with zero attached hydrogens (tertiary/aromatic N) is 2. The molecule has 3 N–H and O–H groups in total. The number of hydrogen-bond acceptors (Lipinski definition) is 5. The van der Waals surface area contributed by atoms with Crippen LogP contribution in [0.3, 0.4) is 0 Å². The van der Waals surface area contributed by atoms with Crippen molar-refractivity contribution >= 4 is 47.7 Å². The maximum atomic E-state index is 11.9. The number of carbonyl (C=O) groups is 1. The third kappa shape index (κ3) is 5.81. The number of amides is 1. The van der Waals surface area contributed by atoms with E-state index in [4.69, 9.17) is 5.73 Å². The van der Waals surface area contributed by atoms with Gasteiger partial charge in [0.25, 0.3) is 5.91 Å². The van der Waals surface area contributed by atoms with E-state index in [0.29, 0.717) is 18.8 Å². The topological polar surface area (TPSA) is 71.2 Å². The van der Waals surface area contributed by atoms with E-state index in [9.17, 15) is 4.79 Å². The molecule has 8 heteroatoms. The molecule has 1 heterocycles. The molecule has 2 rings (SSSR count). The van der Waals surface area contributed by atoms with Crippen LogP contribution in [0.15, 0.2) is 35.7 Å². The molecule has 0 bridgehead atoms. The average Bonchev–Trinajstić information content (AvgIpc) is 2.97. The monoisotopic (exact) mass is 362 g/mol. The molecule has 1 aromatic carbocycles. The number of hydrogen-bond donors (Lipinski definition) is 2. The molecule has 0 atom stereocenters. The fourth-order valence-corrected chi connectivity index (χ4v) is 2.40. The molecular weight excluding hydrogens is 343 g/mol. The Bertz CT molecular complexity index is 565. The Hall–Kier alpha value is -1.34. The van der Waals surface area contributed by atoms with Crippen LogP contribution in [0.25, 0.3) is 0 Å². The average molecular weight is 363 g/mol. The summed E-state index contributed by atoms with van der Waals surface area (Å²) in [6, 6.07) is 10.0. The van der Waals surface area contributed by atoms with Gasteiger partial charge in [0.2, 0.25) is 0 Å². The zero-order chi connectivity index (χ0) is 14.4. The van der Waals surface area contributed by atoms with Crippen molar-refractivity contribution in [3.8, 4) is 0 Å². The molecule has 0 aliphatic heterocycles. The third-order valence-corrected chi connectivity index (χ3v) is 3.76. The number of benzene rings is 1. The van der Waals surface area contributed by atoms with Gasteiger partial charge < -0.3 is 16.0 Å². The molecule has 0 saturated carbocycles. The van der Waals surface area contributed by atoms with Gasteiger partial charge in [0.05, 0.1) is 0 Å². The van der Waals surface area contributed by atoms with E-state index in [-0.39, 0.29) is 30.7 Å². The second-order valence-electron chi connectivity index (χ2n) is 4.34. The van der Waals surface area contributed by atoms with Gasteiger partial charge in [0, 0.05) is 37.7 Å². The van der Waals surface area contributed by atoms with Crippen LogP contribution in [0.1, 0.15) is 15.5 Å². The molecule has 0 radical (unpaired) electrons. The van der Waals surface area contributed by atoms with Crippen molar-refractivity contribution in [2.45, 2.75) is 6.54 Å². The number of nitrogens with two attached hydrogens (primary N) is 1. The Balaban J connectivity index is 0.00000220. The van der Waals surface area contributed by atoms with Gasteiger partial charge >= 0.3 is 0 Å². The van der Waals surface area contributed by atoms with Gasteiger partial charge in [-0.2, -0.15) is 0 Å². The highest BCUT2D eigenvalue weighted by molar-refractivity contribution is 7.09. The first-order valence-corrected chi connectivity index (χ1v) is 7.27. The minimum Gasteiger partial charge on any atom is -0.373 e. The van der Waals surface area contributed by atoms with E-state index >= 15 is 0 Å². The van der Waals surface area contributed by atoms with Crippen LogP contribution in [0.5, 0.6) is 0 Å². The summed E-state index contributed by atoms with van der Waals surface area (Å²) in [5.41, 5.74) is 7.05. The number of rotatable bonds is 6. The second kappa shape index (κ2) is 10.4. The van der Waals surface area contributed by atoms with E-state index < -0.39 is 0 Å². The molecule has 122 valence electrons. The Morgan fingerprint density at radius 3 is 2.59 bits per heavy atom. The first-order valence-electron chi connectivity index (χ1n) is 6.39. The number of nitrogens with one attached hydrogen (secondary N) is 1. The van der Waals surface area contributed by atoms with E-state index in [1.165, 1.54) is 11.3 Å². The van der Waals surface area contributed by atoms with Crippen LogP contribution in [0.4, 0.5) is 5.69 Å². The fraction of sp³-hybridized carbons (Fsp3) is 0.286. The van der Waals surface area contributed by atoms with Crippen molar-refractivity contribution in [1.29, 1.82) is 0 Å². The lowest BCUT2D eigenvalue weighted by atomic mass is 10.3. The smallest absolute Gasteiger partial charge is 0.270 e. The first kappa shape index (κ1) is 20.7. The molecule has 2 aromatic rings. The highest BCUT2D eigenvalue weighted by Crippen LogP contribution is 2.10. The summed E-state index contributed by atoms with van der Waals surface area (Å²) in [6.07, 6.45) is 0. The van der Waals surface area contributed by atoms with Crippen molar-refractivity contribution in [3.63, 3.8) is 0 Å². The lowest BCUT2D eigenvalue weighted by Gasteiger charge is -2.19. The maximum absolute atomic E-state index is 11.9. The van der Waals surface area contributed by atoms with Gasteiger partial charge in [0.15, 0.2) is 0 Å². The number of para-hydroxylation sites is 1. The van der Waals surface area contributed by atoms with Crippen LogP contribution in [-0.2, 0) is 6.54 Å². The standard InChI is InChI=1S/C14H18N4OS.2ClH/c1-18(11-5-3-2-4-6-11)8-7-16-14(19)12-10-20-13(9-15)17-12;;/h2-6,10H,7-9,15H2,1H3,(H,16,19);2*1H. The summed E-state index contributed by atoms with van der Waals surface area (Å²) in [5, 5.41) is 5.37. The second-order valence-corrected chi connectivity index (χ2v) is 5.29. The van der Waals surface area contributed by atoms with Crippen LogP contribution < -0.4 is 16.0 Å². The minimum atomic E-state index is -0.151. The predicted octanol–water partition coefficient (Wildman–Crippen LogP) is 2.31. The SMILES string of the molecule is CN(CCNC(=O)c1csc(CN)n1)c1ccccc1.Cl.Cl. The summed E-state index contributed by atoms with van der Waals surface area (Å²) in [6.45, 7) is 1.68. The largest absolute Gasteiger partial charge is 0.373 e. The predicted molar refractivity (Wildman–Crippen MR) is 96.5 cm³/mol. The van der Waals surface area contributed by atoms with Gasteiger partial charge in [0.1, 0.15) is 10.7 Å². The normalized spacial score (nSPS) is 9.36. The van der Waals surface area contributed by atoms with Crippen LogP contribution in [0.2, 0.25) is 0 Å². The molecule has 0 aliphatic carbocycles. The number of halogens is 2. The lowest BCUT2D eigenvalue weighted by Crippen LogP contribution is -2.33. The number of carbonyl (C=O) groups excluding carboxylic acids is 1. The van der Waals surface area contributed by atoms with Gasteiger partial charge in [-0.25, -0.2) is 4.98 Å². The molecular formula is C14H20Cl2N4OS. The zero-order valence-electron chi connectivity index (χ0n) is 12.2. The van der Waals surface area contributed by atoms with Crippen LogP contribution >= 0.6 is 36.2 Å². The van der Waals surface area contributed by atoms with Crippen molar-refractivity contribution in [2.75, 3.05) is 25.0 Å².